The number of benzene rings is 1. The average Bonchev–Trinajstić information content (AvgIpc) is 2.66. The lowest BCUT2D eigenvalue weighted by atomic mass is 9.94. The zero-order chi connectivity index (χ0) is 14.4. The van der Waals surface area contributed by atoms with Crippen LogP contribution in [0.1, 0.15) is 38.4 Å². The van der Waals surface area contributed by atoms with Crippen molar-refractivity contribution in [2.45, 2.75) is 38.8 Å². The number of aliphatic hydroxyl groups is 1. The van der Waals surface area contributed by atoms with Crippen LogP contribution in [0, 0.1) is 5.92 Å². The Morgan fingerprint density at radius 3 is 2.75 bits per heavy atom. The molecule has 20 heavy (non-hydrogen) atoms. The summed E-state index contributed by atoms with van der Waals surface area (Å²) < 4.78 is 0. The predicted molar refractivity (Wildman–Crippen MR) is 80.0 cm³/mol. The molecule has 4 nitrogen and oxygen atoms in total. The molecule has 0 saturated carbocycles. The smallest absolute Gasteiger partial charge is 0.260 e. The first-order chi connectivity index (χ1) is 9.49. The van der Waals surface area contributed by atoms with E-state index >= 15 is 0 Å². The molecule has 0 spiro atoms. The molecule has 0 aliphatic carbocycles. The number of hydrogen-bond donors (Lipinski definition) is 1. The lowest BCUT2D eigenvalue weighted by Crippen LogP contribution is -2.41. The van der Waals surface area contributed by atoms with E-state index in [0.717, 1.165) is 23.5 Å². The number of fused-ring (bicyclic) bond motifs is 1. The van der Waals surface area contributed by atoms with Crippen LogP contribution in [0.15, 0.2) is 18.2 Å². The first-order valence-corrected chi connectivity index (χ1v) is 7.35. The van der Waals surface area contributed by atoms with E-state index in [1.807, 2.05) is 18.2 Å². The molecule has 1 amide bonds. The fourth-order valence-corrected chi connectivity index (χ4v) is 3.32. The Balaban J connectivity index is 1.95. The Bertz CT molecular complexity index is 543. The van der Waals surface area contributed by atoms with Gasteiger partial charge >= 0.3 is 0 Å². The molecule has 0 aromatic heterocycles. The van der Waals surface area contributed by atoms with Crippen molar-refractivity contribution in [1.29, 1.82) is 0 Å². The van der Waals surface area contributed by atoms with E-state index in [4.69, 9.17) is 0 Å². The first kappa shape index (κ1) is 13.4. The van der Waals surface area contributed by atoms with Crippen LogP contribution in [0.5, 0.6) is 0 Å². The van der Waals surface area contributed by atoms with Crippen molar-refractivity contribution in [2.24, 2.45) is 5.92 Å². The van der Waals surface area contributed by atoms with Crippen molar-refractivity contribution in [3.05, 3.63) is 23.8 Å². The Morgan fingerprint density at radius 1 is 1.25 bits per heavy atom. The number of carbonyl (C=O) groups excluding carboxylic acids is 1. The largest absolute Gasteiger partial charge is 0.378 e. The molecule has 0 radical (unpaired) electrons. The third kappa shape index (κ3) is 1.99. The summed E-state index contributed by atoms with van der Waals surface area (Å²) in [5.41, 5.74) is 2.71. The van der Waals surface area contributed by atoms with Gasteiger partial charge in [0.25, 0.3) is 5.91 Å². The highest BCUT2D eigenvalue weighted by atomic mass is 16.3. The van der Waals surface area contributed by atoms with Gasteiger partial charge in [-0.15, -0.1) is 0 Å². The summed E-state index contributed by atoms with van der Waals surface area (Å²) in [6.45, 7) is 5.59. The molecule has 3 unspecified atom stereocenters. The molecule has 1 aromatic rings. The molecule has 3 rings (SSSR count). The zero-order valence-corrected chi connectivity index (χ0v) is 12.3. The van der Waals surface area contributed by atoms with Gasteiger partial charge in [-0.05, 0) is 37.8 Å². The van der Waals surface area contributed by atoms with Crippen LogP contribution >= 0.6 is 0 Å². The summed E-state index contributed by atoms with van der Waals surface area (Å²) in [6.07, 6.45) is 1.48. The quantitative estimate of drug-likeness (QED) is 0.854. The van der Waals surface area contributed by atoms with Crippen molar-refractivity contribution in [3.8, 4) is 0 Å². The highest BCUT2D eigenvalue weighted by Crippen LogP contribution is 2.38. The molecule has 0 bridgehead atoms. The number of piperidine rings is 1. The number of likely N-dealkylation sites (N-methyl/N-ethyl adjacent to an activating group) is 1. The number of hydrogen-bond acceptors (Lipinski definition) is 3. The highest BCUT2D eigenvalue weighted by molar-refractivity contribution is 6.03. The van der Waals surface area contributed by atoms with E-state index in [1.165, 1.54) is 12.8 Å². The molecule has 1 saturated heterocycles. The summed E-state index contributed by atoms with van der Waals surface area (Å²) in [6, 6.07) is 6.49. The van der Waals surface area contributed by atoms with E-state index in [2.05, 4.69) is 18.7 Å². The molecular weight excluding hydrogens is 252 g/mol. The molecule has 2 aliphatic heterocycles. The molecule has 108 valence electrons. The number of nitrogens with zero attached hydrogens (tertiary/aromatic N) is 2. The minimum absolute atomic E-state index is 0.239. The van der Waals surface area contributed by atoms with Crippen LogP contribution in [-0.2, 0) is 4.79 Å². The zero-order valence-electron chi connectivity index (χ0n) is 12.3. The molecule has 2 aliphatic rings. The first-order valence-electron chi connectivity index (χ1n) is 7.35. The molecular formula is C16H22N2O2. The van der Waals surface area contributed by atoms with Gasteiger partial charge in [0.1, 0.15) is 0 Å². The van der Waals surface area contributed by atoms with Crippen molar-refractivity contribution >= 4 is 17.3 Å². The van der Waals surface area contributed by atoms with Crippen molar-refractivity contribution in [1.82, 2.24) is 0 Å². The van der Waals surface area contributed by atoms with Gasteiger partial charge in [0, 0.05) is 30.9 Å². The third-order valence-electron chi connectivity index (χ3n) is 4.68. The van der Waals surface area contributed by atoms with Crippen LogP contribution in [0.3, 0.4) is 0 Å². The molecule has 4 heteroatoms. The number of anilines is 2. The van der Waals surface area contributed by atoms with Gasteiger partial charge in [-0.3, -0.25) is 4.79 Å². The Morgan fingerprint density at radius 2 is 2.00 bits per heavy atom. The number of rotatable bonds is 1. The number of carbonyl (C=O) groups is 1. The van der Waals surface area contributed by atoms with E-state index in [0.29, 0.717) is 12.0 Å². The van der Waals surface area contributed by atoms with Crippen LogP contribution in [0.25, 0.3) is 0 Å². The Hall–Kier alpha value is -1.55. The fraction of sp³-hybridized carbons (Fsp3) is 0.562. The molecule has 1 N–H and O–H groups in total. The van der Waals surface area contributed by atoms with Crippen molar-refractivity contribution in [2.75, 3.05) is 23.4 Å². The summed E-state index contributed by atoms with van der Waals surface area (Å²) in [5.74, 6) is 0.460. The van der Waals surface area contributed by atoms with E-state index < -0.39 is 6.10 Å². The molecule has 2 heterocycles. The van der Waals surface area contributed by atoms with Crippen molar-refractivity contribution < 1.29 is 9.90 Å². The second-order valence-corrected chi connectivity index (χ2v) is 6.23. The molecule has 1 aromatic carbocycles. The maximum absolute atomic E-state index is 11.8. The Kier molecular flexibility index (Phi) is 3.21. The Labute approximate surface area is 120 Å². The van der Waals surface area contributed by atoms with E-state index in [1.54, 1.807) is 11.9 Å². The van der Waals surface area contributed by atoms with Crippen LogP contribution < -0.4 is 9.80 Å². The maximum Gasteiger partial charge on any atom is 0.260 e. The summed E-state index contributed by atoms with van der Waals surface area (Å²) in [4.78, 5) is 15.8. The van der Waals surface area contributed by atoms with Gasteiger partial charge in [0.2, 0.25) is 0 Å². The second-order valence-electron chi connectivity index (χ2n) is 6.23. The van der Waals surface area contributed by atoms with Gasteiger partial charge in [-0.1, -0.05) is 13.0 Å². The topological polar surface area (TPSA) is 43.8 Å². The van der Waals surface area contributed by atoms with E-state index in [9.17, 15) is 9.90 Å². The monoisotopic (exact) mass is 274 g/mol. The normalized spacial score (nSPS) is 29.8. The van der Waals surface area contributed by atoms with Gasteiger partial charge in [0.05, 0.1) is 5.69 Å². The minimum Gasteiger partial charge on any atom is -0.378 e. The second kappa shape index (κ2) is 4.77. The standard InChI is InChI=1S/C16H22N2O2/c1-10-4-5-11(2)18(9-10)12-6-7-13-14(8-12)17(3)16(20)15(13)19/h6-8,10-11,15,19H,4-5,9H2,1-3H3. The van der Waals surface area contributed by atoms with Crippen LogP contribution in [0.2, 0.25) is 0 Å². The third-order valence-corrected chi connectivity index (χ3v) is 4.68. The summed E-state index contributed by atoms with van der Waals surface area (Å²) in [5, 5.41) is 9.91. The predicted octanol–water partition coefficient (Wildman–Crippen LogP) is 2.32. The average molecular weight is 274 g/mol. The number of amides is 1. The van der Waals surface area contributed by atoms with Gasteiger partial charge in [-0.25, -0.2) is 0 Å². The molecule has 3 atom stereocenters. The highest BCUT2D eigenvalue weighted by Gasteiger charge is 2.34. The van der Waals surface area contributed by atoms with Crippen LogP contribution in [0.4, 0.5) is 11.4 Å². The van der Waals surface area contributed by atoms with Gasteiger partial charge < -0.3 is 14.9 Å². The number of aliphatic hydroxyl groups excluding tert-OH is 1. The van der Waals surface area contributed by atoms with E-state index in [-0.39, 0.29) is 5.91 Å². The minimum atomic E-state index is -0.998. The fourth-order valence-electron chi connectivity index (χ4n) is 3.32. The molecule has 1 fully saturated rings. The SMILES string of the molecule is CC1CCC(C)N(c2ccc3c(c2)N(C)C(=O)C3O)C1. The summed E-state index contributed by atoms with van der Waals surface area (Å²) in [7, 11) is 1.73. The van der Waals surface area contributed by atoms with Crippen LogP contribution in [-0.4, -0.2) is 30.6 Å². The maximum atomic E-state index is 11.8. The van der Waals surface area contributed by atoms with Gasteiger partial charge in [0.15, 0.2) is 6.10 Å². The lowest BCUT2D eigenvalue weighted by Gasteiger charge is -2.39. The van der Waals surface area contributed by atoms with Crippen molar-refractivity contribution in [3.63, 3.8) is 0 Å². The van der Waals surface area contributed by atoms with Gasteiger partial charge in [-0.2, -0.15) is 0 Å². The lowest BCUT2D eigenvalue weighted by molar-refractivity contribution is -0.125. The summed E-state index contributed by atoms with van der Waals surface area (Å²) >= 11 is 0.